The molecule has 0 aliphatic heterocycles. The normalized spacial score (nSPS) is 10.9. The van der Waals surface area contributed by atoms with Crippen LogP contribution >= 0.6 is 0 Å². The van der Waals surface area contributed by atoms with Crippen molar-refractivity contribution in [1.29, 1.82) is 0 Å². The summed E-state index contributed by atoms with van der Waals surface area (Å²) in [6, 6.07) is 8.76. The first-order valence-corrected chi connectivity index (χ1v) is 7.35. The lowest BCUT2D eigenvalue weighted by Gasteiger charge is -2.15. The van der Waals surface area contributed by atoms with Crippen LogP contribution < -0.4 is 0 Å². The standard InChI is InChI=1S/C17H16N4O3/c1-21(11-16-14(17(22)23)5-3-7-19-16)10-13-8-15(20-24-13)12-4-2-6-18-9-12/h2-9H,10-11H2,1H3,(H,22,23). The van der Waals surface area contributed by atoms with Crippen LogP contribution in [-0.4, -0.2) is 38.1 Å². The summed E-state index contributed by atoms with van der Waals surface area (Å²) in [5, 5.41) is 13.2. The molecule has 3 rings (SSSR count). The van der Waals surface area contributed by atoms with Gasteiger partial charge in [0.2, 0.25) is 0 Å². The SMILES string of the molecule is CN(Cc1cc(-c2cccnc2)no1)Cc1ncccc1C(=O)O. The maximum absolute atomic E-state index is 11.2. The summed E-state index contributed by atoms with van der Waals surface area (Å²) in [6.45, 7) is 0.883. The molecule has 7 heteroatoms. The summed E-state index contributed by atoms with van der Waals surface area (Å²) >= 11 is 0. The summed E-state index contributed by atoms with van der Waals surface area (Å²) < 4.78 is 5.35. The average molecular weight is 324 g/mol. The fourth-order valence-electron chi connectivity index (χ4n) is 2.37. The van der Waals surface area contributed by atoms with Crippen LogP contribution in [0.5, 0.6) is 0 Å². The van der Waals surface area contributed by atoms with Crippen molar-refractivity contribution in [3.63, 3.8) is 0 Å². The van der Waals surface area contributed by atoms with Gasteiger partial charge in [-0.2, -0.15) is 0 Å². The van der Waals surface area contributed by atoms with E-state index >= 15 is 0 Å². The molecule has 0 aromatic carbocycles. The largest absolute Gasteiger partial charge is 0.478 e. The molecule has 0 atom stereocenters. The highest BCUT2D eigenvalue weighted by atomic mass is 16.5. The van der Waals surface area contributed by atoms with E-state index in [1.807, 2.05) is 30.1 Å². The van der Waals surface area contributed by atoms with E-state index in [-0.39, 0.29) is 5.56 Å². The zero-order chi connectivity index (χ0) is 16.9. The highest BCUT2D eigenvalue weighted by molar-refractivity contribution is 5.88. The zero-order valence-electron chi connectivity index (χ0n) is 13.1. The van der Waals surface area contributed by atoms with Gasteiger partial charge < -0.3 is 9.63 Å². The van der Waals surface area contributed by atoms with Crippen molar-refractivity contribution in [3.05, 3.63) is 65.9 Å². The Hall–Kier alpha value is -3.06. The maximum Gasteiger partial charge on any atom is 0.337 e. The van der Waals surface area contributed by atoms with Crippen molar-refractivity contribution >= 4 is 5.97 Å². The minimum Gasteiger partial charge on any atom is -0.478 e. The molecule has 1 N–H and O–H groups in total. The Morgan fingerprint density at radius 3 is 2.83 bits per heavy atom. The second-order valence-corrected chi connectivity index (χ2v) is 5.40. The number of carbonyl (C=O) groups is 1. The molecule has 3 aromatic rings. The smallest absolute Gasteiger partial charge is 0.337 e. The van der Waals surface area contributed by atoms with Gasteiger partial charge in [-0.1, -0.05) is 5.16 Å². The molecule has 122 valence electrons. The summed E-state index contributed by atoms with van der Waals surface area (Å²) in [5.41, 5.74) is 2.32. The van der Waals surface area contributed by atoms with Gasteiger partial charge in [-0.15, -0.1) is 0 Å². The number of aromatic nitrogens is 3. The molecule has 0 radical (unpaired) electrons. The minimum absolute atomic E-state index is 0.206. The fraction of sp³-hybridized carbons (Fsp3) is 0.176. The lowest BCUT2D eigenvalue weighted by molar-refractivity contribution is 0.0694. The Balaban J connectivity index is 1.69. The van der Waals surface area contributed by atoms with Crippen LogP contribution in [0.3, 0.4) is 0 Å². The Morgan fingerprint density at radius 2 is 2.08 bits per heavy atom. The molecule has 0 aliphatic rings. The first-order valence-electron chi connectivity index (χ1n) is 7.35. The molecule has 0 aliphatic carbocycles. The van der Waals surface area contributed by atoms with Crippen molar-refractivity contribution in [2.75, 3.05) is 7.05 Å². The summed E-state index contributed by atoms with van der Waals surface area (Å²) in [7, 11) is 1.87. The van der Waals surface area contributed by atoms with Gasteiger partial charge in [-0.3, -0.25) is 14.9 Å². The predicted octanol–water partition coefficient (Wildman–Crippen LogP) is 2.46. The van der Waals surface area contributed by atoms with Gasteiger partial charge in [-0.25, -0.2) is 4.79 Å². The van der Waals surface area contributed by atoms with Crippen LogP contribution in [0.2, 0.25) is 0 Å². The van der Waals surface area contributed by atoms with Crippen LogP contribution in [-0.2, 0) is 13.1 Å². The second-order valence-electron chi connectivity index (χ2n) is 5.40. The molecule has 0 fully saturated rings. The van der Waals surface area contributed by atoms with E-state index in [9.17, 15) is 9.90 Å². The van der Waals surface area contributed by atoms with E-state index in [1.165, 1.54) is 0 Å². The minimum atomic E-state index is -0.981. The van der Waals surface area contributed by atoms with E-state index < -0.39 is 5.97 Å². The Bertz CT molecular complexity index is 833. The van der Waals surface area contributed by atoms with Crippen LogP contribution in [0, 0.1) is 0 Å². The average Bonchev–Trinajstić information content (AvgIpc) is 3.04. The fourth-order valence-corrected chi connectivity index (χ4v) is 2.37. The first kappa shape index (κ1) is 15.8. The van der Waals surface area contributed by atoms with Crippen molar-refractivity contribution in [2.24, 2.45) is 0 Å². The number of carboxylic acid groups (broad SMARTS) is 1. The molecule has 3 heterocycles. The highest BCUT2D eigenvalue weighted by Gasteiger charge is 2.14. The number of nitrogens with zero attached hydrogens (tertiary/aromatic N) is 4. The first-order chi connectivity index (χ1) is 11.6. The topological polar surface area (TPSA) is 92.4 Å². The van der Waals surface area contributed by atoms with Crippen LogP contribution in [0.1, 0.15) is 21.8 Å². The molecule has 0 spiro atoms. The quantitative estimate of drug-likeness (QED) is 0.744. The number of carboxylic acids is 1. The maximum atomic E-state index is 11.2. The van der Waals surface area contributed by atoms with Gasteiger partial charge >= 0.3 is 5.97 Å². The van der Waals surface area contributed by atoms with E-state index in [4.69, 9.17) is 4.52 Å². The molecule has 0 bridgehead atoms. The summed E-state index contributed by atoms with van der Waals surface area (Å²) in [5.74, 6) is -0.297. The molecule has 0 amide bonds. The third-order valence-electron chi connectivity index (χ3n) is 3.48. The monoisotopic (exact) mass is 324 g/mol. The summed E-state index contributed by atoms with van der Waals surface area (Å²) in [4.78, 5) is 21.4. The van der Waals surface area contributed by atoms with E-state index in [0.717, 1.165) is 11.3 Å². The zero-order valence-corrected chi connectivity index (χ0v) is 13.1. The summed E-state index contributed by atoms with van der Waals surface area (Å²) in [6.07, 6.45) is 5.01. The van der Waals surface area contributed by atoms with Gasteiger partial charge in [0.25, 0.3) is 0 Å². The molecular weight excluding hydrogens is 308 g/mol. The molecule has 0 saturated heterocycles. The highest BCUT2D eigenvalue weighted by Crippen LogP contribution is 2.19. The number of aromatic carboxylic acids is 1. The van der Waals surface area contributed by atoms with E-state index in [1.54, 1.807) is 30.7 Å². The van der Waals surface area contributed by atoms with Crippen LogP contribution in [0.15, 0.2) is 53.4 Å². The van der Waals surface area contributed by atoms with Crippen molar-refractivity contribution < 1.29 is 14.4 Å². The van der Waals surface area contributed by atoms with Gasteiger partial charge in [-0.05, 0) is 31.3 Å². The molecule has 24 heavy (non-hydrogen) atoms. The molecular formula is C17H16N4O3. The number of hydrogen-bond donors (Lipinski definition) is 1. The lowest BCUT2D eigenvalue weighted by Crippen LogP contribution is -2.19. The number of rotatable bonds is 6. The van der Waals surface area contributed by atoms with E-state index in [2.05, 4.69) is 15.1 Å². The van der Waals surface area contributed by atoms with Crippen LogP contribution in [0.25, 0.3) is 11.3 Å². The Morgan fingerprint density at radius 1 is 1.25 bits per heavy atom. The third kappa shape index (κ3) is 3.64. The molecule has 0 saturated carbocycles. The van der Waals surface area contributed by atoms with Gasteiger partial charge in [0, 0.05) is 36.8 Å². The van der Waals surface area contributed by atoms with Gasteiger partial charge in [0.1, 0.15) is 5.69 Å². The molecule has 3 aromatic heterocycles. The number of hydrogen-bond acceptors (Lipinski definition) is 6. The van der Waals surface area contributed by atoms with Crippen molar-refractivity contribution in [1.82, 2.24) is 20.0 Å². The van der Waals surface area contributed by atoms with Crippen molar-refractivity contribution in [2.45, 2.75) is 13.1 Å². The molecule has 7 nitrogen and oxygen atoms in total. The Kier molecular flexibility index (Phi) is 4.62. The van der Waals surface area contributed by atoms with Crippen molar-refractivity contribution in [3.8, 4) is 11.3 Å². The second kappa shape index (κ2) is 7.01. The van der Waals surface area contributed by atoms with E-state index in [0.29, 0.717) is 24.5 Å². The van der Waals surface area contributed by atoms with Gasteiger partial charge in [0.05, 0.1) is 17.8 Å². The van der Waals surface area contributed by atoms with Crippen LogP contribution in [0.4, 0.5) is 0 Å². The lowest BCUT2D eigenvalue weighted by atomic mass is 10.2. The Labute approximate surface area is 138 Å². The van der Waals surface area contributed by atoms with Gasteiger partial charge in [0.15, 0.2) is 5.76 Å². The molecule has 0 unspecified atom stereocenters. The number of pyridine rings is 2. The predicted molar refractivity (Wildman–Crippen MR) is 86.1 cm³/mol. The third-order valence-corrected chi connectivity index (χ3v) is 3.48.